The van der Waals surface area contributed by atoms with Gasteiger partial charge in [-0.25, -0.2) is 0 Å². The first-order valence-electron chi connectivity index (χ1n) is 5.74. The number of fused-ring (bicyclic) bond motifs is 3. The quantitative estimate of drug-likeness (QED) is 0.377. The SMILES string of the molecule is C[C@@H]1CC=C[C@@H]2c3ccccc3OC(=O)[C@H]12. The first-order valence-corrected chi connectivity index (χ1v) is 5.74. The Morgan fingerprint density at radius 3 is 3.00 bits per heavy atom. The molecule has 1 heterocycles. The van der Waals surface area contributed by atoms with E-state index in [1.165, 1.54) is 0 Å². The molecule has 1 aromatic carbocycles. The Morgan fingerprint density at radius 1 is 1.31 bits per heavy atom. The first kappa shape index (κ1) is 9.64. The normalized spacial score (nSPS) is 31.6. The van der Waals surface area contributed by atoms with Crippen molar-refractivity contribution in [3.05, 3.63) is 42.0 Å². The minimum absolute atomic E-state index is 0.0000926. The summed E-state index contributed by atoms with van der Waals surface area (Å²) in [5, 5.41) is 0. The molecule has 1 aliphatic heterocycles. The van der Waals surface area contributed by atoms with Crippen molar-refractivity contribution in [1.29, 1.82) is 0 Å². The maximum Gasteiger partial charge on any atom is 0.315 e. The molecule has 0 saturated heterocycles. The number of rotatable bonds is 0. The van der Waals surface area contributed by atoms with Crippen molar-refractivity contribution >= 4 is 5.97 Å². The van der Waals surface area contributed by atoms with Crippen molar-refractivity contribution < 1.29 is 9.53 Å². The summed E-state index contributed by atoms with van der Waals surface area (Å²) in [6.07, 6.45) is 5.31. The summed E-state index contributed by atoms with van der Waals surface area (Å²) in [7, 11) is 0. The molecular weight excluding hydrogens is 200 g/mol. The molecule has 0 saturated carbocycles. The molecule has 0 unspecified atom stereocenters. The highest BCUT2D eigenvalue weighted by Crippen LogP contribution is 2.44. The molecule has 0 radical (unpaired) electrons. The summed E-state index contributed by atoms with van der Waals surface area (Å²) in [5.74, 6) is 1.24. The average molecular weight is 214 g/mol. The predicted molar refractivity (Wildman–Crippen MR) is 61.2 cm³/mol. The van der Waals surface area contributed by atoms with Crippen LogP contribution in [0, 0.1) is 11.8 Å². The van der Waals surface area contributed by atoms with Crippen molar-refractivity contribution in [1.82, 2.24) is 0 Å². The Kier molecular flexibility index (Phi) is 2.10. The Morgan fingerprint density at radius 2 is 2.12 bits per heavy atom. The van der Waals surface area contributed by atoms with Gasteiger partial charge in [0.2, 0.25) is 0 Å². The predicted octanol–water partition coefficient (Wildman–Crippen LogP) is 2.90. The minimum atomic E-state index is -0.0689. The summed E-state index contributed by atoms with van der Waals surface area (Å²) in [6.45, 7) is 2.12. The lowest BCUT2D eigenvalue weighted by Gasteiger charge is -2.35. The van der Waals surface area contributed by atoms with E-state index in [-0.39, 0.29) is 17.8 Å². The zero-order chi connectivity index (χ0) is 11.1. The lowest BCUT2D eigenvalue weighted by Crippen LogP contribution is -2.36. The minimum Gasteiger partial charge on any atom is -0.426 e. The number of hydrogen-bond donors (Lipinski definition) is 0. The number of benzene rings is 1. The third-order valence-corrected chi connectivity index (χ3v) is 3.61. The van der Waals surface area contributed by atoms with Crippen molar-refractivity contribution in [2.75, 3.05) is 0 Å². The van der Waals surface area contributed by atoms with Crippen molar-refractivity contribution in [2.24, 2.45) is 11.8 Å². The van der Waals surface area contributed by atoms with Crippen LogP contribution in [-0.4, -0.2) is 5.97 Å². The number of esters is 1. The second-order valence-electron chi connectivity index (χ2n) is 4.65. The summed E-state index contributed by atoms with van der Waals surface area (Å²) in [4.78, 5) is 11.9. The van der Waals surface area contributed by atoms with Gasteiger partial charge in [0.15, 0.2) is 0 Å². The average Bonchev–Trinajstić information content (AvgIpc) is 2.29. The van der Waals surface area contributed by atoms with Crippen molar-refractivity contribution in [3.8, 4) is 5.75 Å². The highest BCUT2D eigenvalue weighted by atomic mass is 16.5. The molecule has 1 aliphatic carbocycles. The molecule has 3 rings (SSSR count). The number of carbonyl (C=O) groups excluding carboxylic acids is 1. The molecule has 0 N–H and O–H groups in total. The van der Waals surface area contributed by atoms with E-state index in [4.69, 9.17) is 4.74 Å². The highest BCUT2D eigenvalue weighted by Gasteiger charge is 2.40. The third-order valence-electron chi connectivity index (χ3n) is 3.61. The summed E-state index contributed by atoms with van der Waals surface area (Å²) in [5.41, 5.74) is 1.15. The van der Waals surface area contributed by atoms with E-state index >= 15 is 0 Å². The van der Waals surface area contributed by atoms with Crippen LogP contribution in [0.2, 0.25) is 0 Å². The van der Waals surface area contributed by atoms with Crippen LogP contribution in [0.5, 0.6) is 5.75 Å². The fraction of sp³-hybridized carbons (Fsp3) is 0.357. The Hall–Kier alpha value is -1.57. The summed E-state index contributed by atoms with van der Waals surface area (Å²) in [6, 6.07) is 7.84. The van der Waals surface area contributed by atoms with E-state index in [1.807, 2.05) is 18.2 Å². The van der Waals surface area contributed by atoms with Crippen LogP contribution in [0.1, 0.15) is 24.8 Å². The van der Waals surface area contributed by atoms with Crippen molar-refractivity contribution in [3.63, 3.8) is 0 Å². The van der Waals surface area contributed by atoms with E-state index in [2.05, 4.69) is 25.1 Å². The molecule has 0 aromatic heterocycles. The van der Waals surface area contributed by atoms with Crippen LogP contribution < -0.4 is 4.74 Å². The monoisotopic (exact) mass is 214 g/mol. The Balaban J connectivity index is 2.13. The van der Waals surface area contributed by atoms with Crippen molar-refractivity contribution in [2.45, 2.75) is 19.3 Å². The molecule has 1 aromatic rings. The second kappa shape index (κ2) is 3.48. The molecule has 2 nitrogen and oxygen atoms in total. The summed E-state index contributed by atoms with van der Waals surface area (Å²) >= 11 is 0. The summed E-state index contributed by atoms with van der Waals surface area (Å²) < 4.78 is 5.40. The van der Waals surface area contributed by atoms with Gasteiger partial charge in [-0.3, -0.25) is 4.79 Å². The fourth-order valence-electron chi connectivity index (χ4n) is 2.76. The van der Waals surface area contributed by atoms with Gasteiger partial charge in [0.05, 0.1) is 5.92 Å². The Bertz CT molecular complexity index is 462. The molecule has 82 valence electrons. The Labute approximate surface area is 94.9 Å². The van der Waals surface area contributed by atoms with Gasteiger partial charge in [-0.15, -0.1) is 0 Å². The van der Waals surface area contributed by atoms with Gasteiger partial charge in [0.25, 0.3) is 0 Å². The second-order valence-corrected chi connectivity index (χ2v) is 4.65. The highest BCUT2D eigenvalue weighted by molar-refractivity contribution is 5.80. The lowest BCUT2D eigenvalue weighted by atomic mass is 9.72. The van der Waals surface area contributed by atoms with Gasteiger partial charge >= 0.3 is 5.97 Å². The molecular formula is C14H14O2. The standard InChI is InChI=1S/C14H14O2/c1-9-5-4-7-11-10-6-2-3-8-12(10)16-14(15)13(9)11/h2-4,6-9,11,13H,5H2,1H3/t9-,11-,13-/m1/s1. The molecule has 0 amide bonds. The van der Waals surface area contributed by atoms with E-state index in [0.29, 0.717) is 5.92 Å². The number of hydrogen-bond acceptors (Lipinski definition) is 2. The van der Waals surface area contributed by atoms with Crippen LogP contribution in [-0.2, 0) is 4.79 Å². The lowest BCUT2D eigenvalue weighted by molar-refractivity contribution is -0.142. The van der Waals surface area contributed by atoms with E-state index in [0.717, 1.165) is 17.7 Å². The van der Waals surface area contributed by atoms with Gasteiger partial charge in [0.1, 0.15) is 5.75 Å². The zero-order valence-corrected chi connectivity index (χ0v) is 9.22. The topological polar surface area (TPSA) is 26.3 Å². The van der Waals surface area contributed by atoms with Gasteiger partial charge < -0.3 is 4.74 Å². The van der Waals surface area contributed by atoms with Gasteiger partial charge in [-0.2, -0.15) is 0 Å². The maximum atomic E-state index is 11.9. The first-order chi connectivity index (χ1) is 7.77. The van der Waals surface area contributed by atoms with Gasteiger partial charge in [-0.1, -0.05) is 37.3 Å². The van der Waals surface area contributed by atoms with Crippen LogP contribution >= 0.6 is 0 Å². The number of para-hydroxylation sites is 1. The molecule has 0 fully saturated rings. The van der Waals surface area contributed by atoms with E-state index in [1.54, 1.807) is 0 Å². The van der Waals surface area contributed by atoms with E-state index in [9.17, 15) is 4.79 Å². The number of ether oxygens (including phenoxy) is 1. The number of allylic oxidation sites excluding steroid dienone is 2. The third kappa shape index (κ3) is 1.29. The number of carbonyl (C=O) groups is 1. The van der Waals surface area contributed by atoms with Gasteiger partial charge in [-0.05, 0) is 18.4 Å². The smallest absolute Gasteiger partial charge is 0.315 e. The molecule has 3 atom stereocenters. The van der Waals surface area contributed by atoms with Crippen LogP contribution in [0.3, 0.4) is 0 Å². The molecule has 16 heavy (non-hydrogen) atoms. The molecule has 0 spiro atoms. The molecule has 2 heteroatoms. The maximum absolute atomic E-state index is 11.9. The zero-order valence-electron chi connectivity index (χ0n) is 9.22. The fourth-order valence-corrected chi connectivity index (χ4v) is 2.76. The van der Waals surface area contributed by atoms with E-state index < -0.39 is 0 Å². The largest absolute Gasteiger partial charge is 0.426 e. The van der Waals surface area contributed by atoms with Crippen LogP contribution in [0.25, 0.3) is 0 Å². The van der Waals surface area contributed by atoms with Crippen LogP contribution in [0.4, 0.5) is 0 Å². The van der Waals surface area contributed by atoms with Crippen LogP contribution in [0.15, 0.2) is 36.4 Å². The molecule has 0 bridgehead atoms. The van der Waals surface area contributed by atoms with Gasteiger partial charge in [0, 0.05) is 11.5 Å². The molecule has 2 aliphatic rings.